The summed E-state index contributed by atoms with van der Waals surface area (Å²) in [6.07, 6.45) is 5.28. The number of carbonyl (C=O) groups excluding carboxylic acids is 2. The van der Waals surface area contributed by atoms with Gasteiger partial charge in [0.25, 0.3) is 0 Å². The van der Waals surface area contributed by atoms with Crippen molar-refractivity contribution in [1.82, 2.24) is 15.1 Å². The van der Waals surface area contributed by atoms with Gasteiger partial charge in [-0.2, -0.15) is 0 Å². The van der Waals surface area contributed by atoms with E-state index in [1.165, 1.54) is 18.6 Å². The number of rotatable bonds is 5. The highest BCUT2D eigenvalue weighted by atomic mass is 19.1. The third-order valence-corrected chi connectivity index (χ3v) is 7.49. The number of hydrogen-bond donors (Lipinski definition) is 1. The SMILES string of the molecule is CC1CCCN(C(=O)C2CCN(C(=O)CNC3(c4ccc(F)cc4)CCOCC3)CC2)C1. The Bertz CT molecular complexity index is 786. The molecule has 4 rings (SSSR count). The van der Waals surface area contributed by atoms with Crippen LogP contribution < -0.4 is 5.32 Å². The lowest BCUT2D eigenvalue weighted by Crippen LogP contribution is -2.52. The minimum atomic E-state index is -0.374. The molecule has 1 N–H and O–H groups in total. The predicted molar refractivity (Wildman–Crippen MR) is 120 cm³/mol. The van der Waals surface area contributed by atoms with Crippen LogP contribution in [0.15, 0.2) is 24.3 Å². The fourth-order valence-electron chi connectivity index (χ4n) is 5.44. The molecule has 176 valence electrons. The third kappa shape index (κ3) is 5.31. The Balaban J connectivity index is 1.30. The molecule has 2 amide bonds. The van der Waals surface area contributed by atoms with E-state index in [0.29, 0.717) is 32.2 Å². The van der Waals surface area contributed by atoms with Crippen LogP contribution in [-0.2, 0) is 19.9 Å². The van der Waals surface area contributed by atoms with E-state index >= 15 is 0 Å². The summed E-state index contributed by atoms with van der Waals surface area (Å²) in [6, 6.07) is 6.55. The lowest BCUT2D eigenvalue weighted by molar-refractivity contribution is -0.141. The fourth-order valence-corrected chi connectivity index (χ4v) is 5.44. The molecule has 0 aromatic heterocycles. The molecular formula is C25H36FN3O3. The maximum atomic E-state index is 13.4. The Hall–Kier alpha value is -1.99. The summed E-state index contributed by atoms with van der Waals surface area (Å²) < 4.78 is 19.0. The van der Waals surface area contributed by atoms with E-state index in [2.05, 4.69) is 12.2 Å². The number of ether oxygens (including phenoxy) is 1. The molecule has 1 aromatic carbocycles. The number of nitrogens with one attached hydrogen (secondary N) is 1. The summed E-state index contributed by atoms with van der Waals surface area (Å²) in [5, 5.41) is 3.49. The van der Waals surface area contributed by atoms with Gasteiger partial charge in [0.05, 0.1) is 6.54 Å². The van der Waals surface area contributed by atoms with Crippen molar-refractivity contribution in [3.05, 3.63) is 35.6 Å². The zero-order valence-electron chi connectivity index (χ0n) is 19.2. The smallest absolute Gasteiger partial charge is 0.236 e. The second-order valence-electron chi connectivity index (χ2n) is 9.74. The van der Waals surface area contributed by atoms with E-state index in [9.17, 15) is 14.0 Å². The summed E-state index contributed by atoms with van der Waals surface area (Å²) >= 11 is 0. The first-order valence-corrected chi connectivity index (χ1v) is 12.1. The lowest BCUT2D eigenvalue weighted by atomic mass is 9.82. The topological polar surface area (TPSA) is 61.9 Å². The Morgan fingerprint density at radius 2 is 1.75 bits per heavy atom. The van der Waals surface area contributed by atoms with Crippen LogP contribution >= 0.6 is 0 Å². The third-order valence-electron chi connectivity index (χ3n) is 7.49. The van der Waals surface area contributed by atoms with Gasteiger partial charge in [-0.1, -0.05) is 19.1 Å². The monoisotopic (exact) mass is 445 g/mol. The van der Waals surface area contributed by atoms with E-state index in [4.69, 9.17) is 4.74 Å². The molecule has 3 fully saturated rings. The molecule has 3 saturated heterocycles. The molecule has 32 heavy (non-hydrogen) atoms. The van der Waals surface area contributed by atoms with Gasteiger partial charge in [0.1, 0.15) is 5.82 Å². The zero-order chi connectivity index (χ0) is 22.6. The summed E-state index contributed by atoms with van der Waals surface area (Å²) in [5.41, 5.74) is 0.621. The normalized spacial score (nSPS) is 24.4. The van der Waals surface area contributed by atoms with Crippen molar-refractivity contribution in [2.75, 3.05) is 45.9 Å². The molecule has 3 heterocycles. The molecule has 0 radical (unpaired) electrons. The van der Waals surface area contributed by atoms with E-state index < -0.39 is 0 Å². The van der Waals surface area contributed by atoms with Crippen LogP contribution in [-0.4, -0.2) is 67.6 Å². The van der Waals surface area contributed by atoms with E-state index in [1.54, 1.807) is 12.1 Å². The van der Waals surface area contributed by atoms with Gasteiger partial charge in [0.2, 0.25) is 11.8 Å². The molecule has 1 atom stereocenters. The van der Waals surface area contributed by atoms with Crippen LogP contribution in [0, 0.1) is 17.7 Å². The van der Waals surface area contributed by atoms with Crippen LogP contribution in [0.5, 0.6) is 0 Å². The minimum absolute atomic E-state index is 0.0401. The maximum absolute atomic E-state index is 13.4. The number of halogens is 1. The quantitative estimate of drug-likeness (QED) is 0.757. The van der Waals surface area contributed by atoms with Gasteiger partial charge in [-0.25, -0.2) is 4.39 Å². The average Bonchev–Trinajstić information content (AvgIpc) is 2.83. The first-order valence-electron chi connectivity index (χ1n) is 12.1. The second kappa shape index (κ2) is 10.3. The van der Waals surface area contributed by atoms with Gasteiger partial charge in [-0.15, -0.1) is 0 Å². The Labute approximate surface area is 190 Å². The molecule has 1 unspecified atom stereocenters. The van der Waals surface area contributed by atoms with Crippen molar-refractivity contribution in [2.24, 2.45) is 11.8 Å². The molecule has 0 spiro atoms. The highest BCUT2D eigenvalue weighted by Crippen LogP contribution is 2.32. The first-order chi connectivity index (χ1) is 15.5. The minimum Gasteiger partial charge on any atom is -0.381 e. The fraction of sp³-hybridized carbons (Fsp3) is 0.680. The number of benzene rings is 1. The number of carbonyl (C=O) groups is 2. The van der Waals surface area contributed by atoms with Gasteiger partial charge < -0.3 is 14.5 Å². The van der Waals surface area contributed by atoms with Crippen molar-refractivity contribution in [3.63, 3.8) is 0 Å². The highest BCUT2D eigenvalue weighted by Gasteiger charge is 2.36. The Morgan fingerprint density at radius 1 is 1.06 bits per heavy atom. The van der Waals surface area contributed by atoms with Gasteiger partial charge in [-0.3, -0.25) is 14.9 Å². The van der Waals surface area contributed by atoms with Crippen molar-refractivity contribution >= 4 is 11.8 Å². The number of amides is 2. The molecule has 0 aliphatic carbocycles. The predicted octanol–water partition coefficient (Wildman–Crippen LogP) is 2.92. The molecule has 1 aromatic rings. The van der Waals surface area contributed by atoms with Crippen LogP contribution in [0.25, 0.3) is 0 Å². The number of nitrogens with zero attached hydrogens (tertiary/aromatic N) is 2. The van der Waals surface area contributed by atoms with Crippen molar-refractivity contribution in [3.8, 4) is 0 Å². The molecular weight excluding hydrogens is 409 g/mol. The molecule has 0 saturated carbocycles. The van der Waals surface area contributed by atoms with Crippen molar-refractivity contribution in [2.45, 2.75) is 51.0 Å². The number of hydrogen-bond acceptors (Lipinski definition) is 4. The Morgan fingerprint density at radius 3 is 2.41 bits per heavy atom. The van der Waals surface area contributed by atoms with Gasteiger partial charge in [0, 0.05) is 50.8 Å². The zero-order valence-corrected chi connectivity index (χ0v) is 19.2. The first kappa shape index (κ1) is 23.2. The van der Waals surface area contributed by atoms with E-state index in [-0.39, 0.29) is 35.6 Å². The molecule has 7 heteroatoms. The largest absolute Gasteiger partial charge is 0.381 e. The molecule has 0 bridgehead atoms. The van der Waals surface area contributed by atoms with Crippen LogP contribution in [0.1, 0.15) is 51.0 Å². The summed E-state index contributed by atoms with van der Waals surface area (Å²) in [5.74, 6) is 0.704. The van der Waals surface area contributed by atoms with Gasteiger partial charge in [0.15, 0.2) is 0 Å². The van der Waals surface area contributed by atoms with E-state index in [0.717, 1.165) is 50.8 Å². The maximum Gasteiger partial charge on any atom is 0.236 e. The van der Waals surface area contributed by atoms with Crippen molar-refractivity contribution in [1.29, 1.82) is 0 Å². The lowest BCUT2D eigenvalue weighted by Gasteiger charge is -2.40. The van der Waals surface area contributed by atoms with Crippen LogP contribution in [0.4, 0.5) is 4.39 Å². The van der Waals surface area contributed by atoms with Crippen LogP contribution in [0.3, 0.4) is 0 Å². The van der Waals surface area contributed by atoms with Crippen LogP contribution in [0.2, 0.25) is 0 Å². The summed E-state index contributed by atoms with van der Waals surface area (Å²) in [6.45, 7) is 6.69. The molecule has 6 nitrogen and oxygen atoms in total. The molecule has 3 aliphatic rings. The average molecular weight is 446 g/mol. The number of piperidine rings is 2. The standard InChI is InChI=1S/C25H36FN3O3/c1-19-3-2-12-29(18-19)24(31)20-8-13-28(14-9-20)23(30)17-27-25(10-15-32-16-11-25)21-4-6-22(26)7-5-21/h4-7,19-20,27H,2-3,8-18H2,1H3. The number of likely N-dealkylation sites (tertiary alicyclic amines) is 2. The van der Waals surface area contributed by atoms with Crippen molar-refractivity contribution < 1.29 is 18.7 Å². The second-order valence-corrected chi connectivity index (χ2v) is 9.74. The van der Waals surface area contributed by atoms with Gasteiger partial charge in [-0.05, 0) is 62.1 Å². The van der Waals surface area contributed by atoms with Gasteiger partial charge >= 0.3 is 0 Å². The highest BCUT2D eigenvalue weighted by molar-refractivity contribution is 5.81. The summed E-state index contributed by atoms with van der Waals surface area (Å²) in [4.78, 5) is 29.8. The Kier molecular flexibility index (Phi) is 7.46. The van der Waals surface area contributed by atoms with E-state index in [1.807, 2.05) is 9.80 Å². The summed E-state index contributed by atoms with van der Waals surface area (Å²) in [7, 11) is 0. The molecule has 3 aliphatic heterocycles.